The van der Waals surface area contributed by atoms with Crippen molar-refractivity contribution >= 4 is 5.69 Å². The van der Waals surface area contributed by atoms with Crippen molar-refractivity contribution in [3.63, 3.8) is 0 Å². The van der Waals surface area contributed by atoms with Crippen LogP contribution in [0, 0.1) is 17.1 Å². The Labute approximate surface area is 93.3 Å². The third-order valence-corrected chi connectivity index (χ3v) is 2.05. The number of hydrogen-bond acceptors (Lipinski definition) is 4. The number of anilines is 1. The zero-order chi connectivity index (χ0) is 12.0. The maximum absolute atomic E-state index is 13.4. The zero-order valence-corrected chi connectivity index (χ0v) is 8.90. The fourth-order valence-corrected chi connectivity index (χ4v) is 1.26. The Morgan fingerprint density at radius 3 is 2.88 bits per heavy atom. The number of methoxy groups -OCH3 is 1. The van der Waals surface area contributed by atoms with Gasteiger partial charge in [-0.3, -0.25) is 0 Å². The molecule has 5 heteroatoms. The predicted octanol–water partition coefficient (Wildman–Crippen LogP) is 1.12. The van der Waals surface area contributed by atoms with Crippen molar-refractivity contribution in [1.29, 1.82) is 5.26 Å². The first-order valence-corrected chi connectivity index (χ1v) is 4.77. The Balaban J connectivity index is 2.77. The van der Waals surface area contributed by atoms with Crippen molar-refractivity contribution in [2.24, 2.45) is 0 Å². The summed E-state index contributed by atoms with van der Waals surface area (Å²) in [6.07, 6.45) is 0. The Bertz CT molecular complexity index is 390. The van der Waals surface area contributed by atoms with Gasteiger partial charge in [0.25, 0.3) is 0 Å². The highest BCUT2D eigenvalue weighted by molar-refractivity contribution is 5.49. The smallest absolute Gasteiger partial charge is 0.147 e. The molecule has 4 nitrogen and oxygen atoms in total. The molecule has 2 N–H and O–H groups in total. The number of hydrogen-bond donors (Lipinski definition) is 2. The molecule has 0 aliphatic heterocycles. The minimum absolute atomic E-state index is 0.159. The molecular formula is C11H13FN2O2. The van der Waals surface area contributed by atoms with Crippen LogP contribution >= 0.6 is 0 Å². The van der Waals surface area contributed by atoms with Crippen LogP contribution in [-0.2, 0) is 4.74 Å². The molecule has 1 aromatic rings. The van der Waals surface area contributed by atoms with Crippen LogP contribution in [0.15, 0.2) is 18.2 Å². The average molecular weight is 224 g/mol. The van der Waals surface area contributed by atoms with Gasteiger partial charge in [-0.15, -0.1) is 0 Å². The van der Waals surface area contributed by atoms with Gasteiger partial charge in [0.05, 0.1) is 36.6 Å². The zero-order valence-electron chi connectivity index (χ0n) is 8.90. The van der Waals surface area contributed by atoms with Gasteiger partial charge in [-0.2, -0.15) is 5.26 Å². The highest BCUT2D eigenvalue weighted by atomic mass is 19.1. The fourth-order valence-electron chi connectivity index (χ4n) is 1.26. The van der Waals surface area contributed by atoms with E-state index in [1.54, 1.807) is 0 Å². The number of nitrogens with zero attached hydrogens (tertiary/aromatic N) is 1. The van der Waals surface area contributed by atoms with E-state index in [9.17, 15) is 4.39 Å². The molecule has 1 atom stereocenters. The summed E-state index contributed by atoms with van der Waals surface area (Å²) in [6.45, 7) is 0.114. The maximum atomic E-state index is 13.4. The molecular weight excluding hydrogens is 211 g/mol. The minimum atomic E-state index is -0.520. The molecule has 1 rings (SSSR count). The van der Waals surface area contributed by atoms with Gasteiger partial charge in [0.2, 0.25) is 0 Å². The lowest BCUT2D eigenvalue weighted by Crippen LogP contribution is -2.29. The Kier molecular flexibility index (Phi) is 4.70. The van der Waals surface area contributed by atoms with E-state index in [4.69, 9.17) is 15.1 Å². The van der Waals surface area contributed by atoms with Crippen LogP contribution in [0.1, 0.15) is 5.56 Å². The molecule has 0 spiro atoms. The second-order valence-corrected chi connectivity index (χ2v) is 3.29. The summed E-state index contributed by atoms with van der Waals surface area (Å²) in [6, 6.07) is 5.59. The SMILES string of the molecule is COCC(CO)Nc1ccc(C#N)cc1F. The highest BCUT2D eigenvalue weighted by Gasteiger charge is 2.10. The molecule has 16 heavy (non-hydrogen) atoms. The van der Waals surface area contributed by atoms with Crippen molar-refractivity contribution in [2.75, 3.05) is 25.6 Å². The molecule has 0 aliphatic carbocycles. The van der Waals surface area contributed by atoms with Gasteiger partial charge in [-0.05, 0) is 18.2 Å². The summed E-state index contributed by atoms with van der Waals surface area (Å²) in [5.74, 6) is -0.520. The van der Waals surface area contributed by atoms with Crippen LogP contribution in [-0.4, -0.2) is 31.5 Å². The van der Waals surface area contributed by atoms with E-state index in [2.05, 4.69) is 5.32 Å². The van der Waals surface area contributed by atoms with E-state index in [0.29, 0.717) is 0 Å². The normalized spacial score (nSPS) is 11.9. The summed E-state index contributed by atoms with van der Waals surface area (Å²) in [5.41, 5.74) is 0.505. The molecule has 0 heterocycles. The van der Waals surface area contributed by atoms with Gasteiger partial charge < -0.3 is 15.2 Å². The largest absolute Gasteiger partial charge is 0.394 e. The topological polar surface area (TPSA) is 65.3 Å². The standard InChI is InChI=1S/C11H13FN2O2/c1-16-7-9(6-15)14-11-3-2-8(5-13)4-10(11)12/h2-4,9,14-15H,6-7H2,1H3. The summed E-state index contributed by atoms with van der Waals surface area (Å²) in [5, 5.41) is 20.4. The first-order chi connectivity index (χ1) is 7.71. The van der Waals surface area contributed by atoms with Crippen molar-refractivity contribution in [2.45, 2.75) is 6.04 Å². The number of aliphatic hydroxyl groups excluding tert-OH is 1. The van der Waals surface area contributed by atoms with Gasteiger partial charge in [0.1, 0.15) is 5.82 Å². The first-order valence-electron chi connectivity index (χ1n) is 4.77. The van der Waals surface area contributed by atoms with E-state index < -0.39 is 5.82 Å². The van der Waals surface area contributed by atoms with Crippen molar-refractivity contribution < 1.29 is 14.2 Å². The lowest BCUT2D eigenvalue weighted by molar-refractivity contribution is 0.153. The second kappa shape index (κ2) is 6.05. The van der Waals surface area contributed by atoms with E-state index in [-0.39, 0.29) is 30.5 Å². The highest BCUT2D eigenvalue weighted by Crippen LogP contribution is 2.16. The van der Waals surface area contributed by atoms with Crippen LogP contribution in [0.5, 0.6) is 0 Å². The number of rotatable bonds is 5. The molecule has 1 aromatic carbocycles. The van der Waals surface area contributed by atoms with Crippen LogP contribution in [0.3, 0.4) is 0 Å². The molecule has 0 bridgehead atoms. The molecule has 0 aliphatic rings. The Morgan fingerprint density at radius 1 is 1.62 bits per heavy atom. The van der Waals surface area contributed by atoms with Crippen molar-refractivity contribution in [1.82, 2.24) is 0 Å². The Hall–Kier alpha value is -1.64. The quantitative estimate of drug-likeness (QED) is 0.786. The average Bonchev–Trinajstić information content (AvgIpc) is 2.30. The fraction of sp³-hybridized carbons (Fsp3) is 0.364. The van der Waals surface area contributed by atoms with Crippen LogP contribution in [0.2, 0.25) is 0 Å². The number of benzene rings is 1. The number of ether oxygens (including phenoxy) is 1. The number of aliphatic hydroxyl groups is 1. The molecule has 1 unspecified atom stereocenters. The molecule has 0 amide bonds. The van der Waals surface area contributed by atoms with Gasteiger partial charge in [0.15, 0.2) is 0 Å². The van der Waals surface area contributed by atoms with Gasteiger partial charge in [-0.25, -0.2) is 4.39 Å². The van der Waals surface area contributed by atoms with Crippen LogP contribution < -0.4 is 5.32 Å². The minimum Gasteiger partial charge on any atom is -0.394 e. The summed E-state index contributed by atoms with van der Waals surface area (Å²) >= 11 is 0. The van der Waals surface area contributed by atoms with E-state index >= 15 is 0 Å². The van der Waals surface area contributed by atoms with Gasteiger partial charge >= 0.3 is 0 Å². The first kappa shape index (κ1) is 12.4. The van der Waals surface area contributed by atoms with E-state index in [1.165, 1.54) is 19.2 Å². The van der Waals surface area contributed by atoms with Crippen LogP contribution in [0.4, 0.5) is 10.1 Å². The van der Waals surface area contributed by atoms with E-state index in [1.807, 2.05) is 6.07 Å². The lowest BCUT2D eigenvalue weighted by Gasteiger charge is -2.16. The molecule has 0 radical (unpaired) electrons. The third-order valence-electron chi connectivity index (χ3n) is 2.05. The molecule has 0 aromatic heterocycles. The molecule has 86 valence electrons. The number of nitrogens with one attached hydrogen (secondary N) is 1. The van der Waals surface area contributed by atoms with Crippen LogP contribution in [0.25, 0.3) is 0 Å². The Morgan fingerprint density at radius 2 is 2.38 bits per heavy atom. The maximum Gasteiger partial charge on any atom is 0.147 e. The van der Waals surface area contributed by atoms with Crippen molar-refractivity contribution in [3.8, 4) is 6.07 Å². The molecule has 0 fully saturated rings. The number of halogens is 1. The summed E-state index contributed by atoms with van der Waals surface area (Å²) < 4.78 is 18.3. The predicted molar refractivity (Wildman–Crippen MR) is 57.5 cm³/mol. The second-order valence-electron chi connectivity index (χ2n) is 3.29. The monoisotopic (exact) mass is 224 g/mol. The van der Waals surface area contributed by atoms with Gasteiger partial charge in [0, 0.05) is 7.11 Å². The molecule has 0 saturated heterocycles. The number of nitriles is 1. The van der Waals surface area contributed by atoms with Crippen molar-refractivity contribution in [3.05, 3.63) is 29.6 Å². The lowest BCUT2D eigenvalue weighted by atomic mass is 10.2. The van der Waals surface area contributed by atoms with Gasteiger partial charge in [-0.1, -0.05) is 0 Å². The summed E-state index contributed by atoms with van der Waals surface area (Å²) in [4.78, 5) is 0. The van der Waals surface area contributed by atoms with E-state index in [0.717, 1.165) is 6.07 Å². The summed E-state index contributed by atoms with van der Waals surface area (Å²) in [7, 11) is 1.50. The third kappa shape index (κ3) is 3.19. The molecule has 0 saturated carbocycles.